The van der Waals surface area contributed by atoms with Gasteiger partial charge in [0.25, 0.3) is 0 Å². The van der Waals surface area contributed by atoms with Crippen LogP contribution in [0.15, 0.2) is 30.5 Å². The molecule has 1 aromatic carbocycles. The van der Waals surface area contributed by atoms with E-state index in [1.54, 1.807) is 0 Å². The molecule has 1 saturated carbocycles. The van der Waals surface area contributed by atoms with Crippen LogP contribution in [0.4, 0.5) is 0 Å². The molecule has 3 N–H and O–H groups in total. The Hall–Kier alpha value is -1.28. The van der Waals surface area contributed by atoms with Crippen LogP contribution in [0.5, 0.6) is 0 Å². The number of rotatable bonds is 1. The average molecular weight is 200 g/mol. The lowest BCUT2D eigenvalue weighted by Gasteiger charge is -2.00. The standard InChI is InChI=1S/C13H16N2/c1-13(2)11(12(13)14)9-7-15-10-6-4-3-5-8(9)10/h3-7,11-12,15H,14H2,1-2H3/t11-,12-/m1/s1. The number of H-pyrrole nitrogens is 1. The van der Waals surface area contributed by atoms with E-state index in [4.69, 9.17) is 5.73 Å². The molecule has 78 valence electrons. The Morgan fingerprint density at radius 1 is 1.27 bits per heavy atom. The zero-order valence-corrected chi connectivity index (χ0v) is 9.12. The molecule has 0 unspecified atom stereocenters. The lowest BCUT2D eigenvalue weighted by Crippen LogP contribution is -2.06. The van der Waals surface area contributed by atoms with Crippen molar-refractivity contribution in [3.63, 3.8) is 0 Å². The molecule has 0 spiro atoms. The molecule has 1 heterocycles. The van der Waals surface area contributed by atoms with E-state index in [1.807, 2.05) is 0 Å². The van der Waals surface area contributed by atoms with Crippen molar-refractivity contribution in [2.45, 2.75) is 25.8 Å². The Bertz CT molecular complexity index is 510. The molecule has 15 heavy (non-hydrogen) atoms. The fourth-order valence-electron chi connectivity index (χ4n) is 2.62. The second kappa shape index (κ2) is 2.64. The monoisotopic (exact) mass is 200 g/mol. The maximum atomic E-state index is 6.11. The third kappa shape index (κ3) is 1.08. The molecule has 2 atom stereocenters. The zero-order chi connectivity index (χ0) is 10.6. The van der Waals surface area contributed by atoms with Crippen molar-refractivity contribution in [1.82, 2.24) is 4.98 Å². The minimum absolute atomic E-state index is 0.255. The van der Waals surface area contributed by atoms with Crippen LogP contribution in [-0.4, -0.2) is 11.0 Å². The van der Waals surface area contributed by atoms with Gasteiger partial charge in [-0.05, 0) is 17.0 Å². The van der Waals surface area contributed by atoms with Crippen molar-refractivity contribution in [2.75, 3.05) is 0 Å². The highest BCUT2D eigenvalue weighted by Crippen LogP contribution is 2.58. The van der Waals surface area contributed by atoms with Crippen LogP contribution >= 0.6 is 0 Å². The van der Waals surface area contributed by atoms with Crippen molar-refractivity contribution in [3.05, 3.63) is 36.0 Å². The first kappa shape index (κ1) is 8.98. The van der Waals surface area contributed by atoms with Gasteiger partial charge in [-0.25, -0.2) is 0 Å². The van der Waals surface area contributed by atoms with E-state index in [-0.39, 0.29) is 5.41 Å². The van der Waals surface area contributed by atoms with Gasteiger partial charge in [0.1, 0.15) is 0 Å². The molecule has 1 aromatic heterocycles. The molecule has 0 aliphatic heterocycles. The van der Waals surface area contributed by atoms with Crippen LogP contribution in [0.2, 0.25) is 0 Å². The molecule has 1 aliphatic rings. The molecule has 0 saturated heterocycles. The Morgan fingerprint density at radius 3 is 2.60 bits per heavy atom. The smallest absolute Gasteiger partial charge is 0.0456 e. The molecular formula is C13H16N2. The number of benzene rings is 1. The fraction of sp³-hybridized carbons (Fsp3) is 0.385. The topological polar surface area (TPSA) is 41.8 Å². The normalized spacial score (nSPS) is 28.2. The first-order chi connectivity index (χ1) is 7.12. The van der Waals surface area contributed by atoms with Crippen LogP contribution in [0.1, 0.15) is 25.3 Å². The SMILES string of the molecule is CC1(C)[C@H](N)[C@H]1c1c[nH]c2ccccc12. The van der Waals surface area contributed by atoms with Crippen LogP contribution < -0.4 is 5.73 Å². The lowest BCUT2D eigenvalue weighted by atomic mass is 10.0. The molecule has 1 aliphatic carbocycles. The number of aromatic nitrogens is 1. The largest absolute Gasteiger partial charge is 0.361 e. The van der Waals surface area contributed by atoms with Crippen LogP contribution in [0.25, 0.3) is 10.9 Å². The van der Waals surface area contributed by atoms with Crippen molar-refractivity contribution in [3.8, 4) is 0 Å². The maximum absolute atomic E-state index is 6.11. The van der Waals surface area contributed by atoms with Gasteiger partial charge in [0.15, 0.2) is 0 Å². The number of aromatic amines is 1. The fourth-order valence-corrected chi connectivity index (χ4v) is 2.62. The number of hydrogen-bond acceptors (Lipinski definition) is 1. The van der Waals surface area contributed by atoms with E-state index in [0.29, 0.717) is 12.0 Å². The van der Waals surface area contributed by atoms with Crippen molar-refractivity contribution in [1.29, 1.82) is 0 Å². The van der Waals surface area contributed by atoms with E-state index in [2.05, 4.69) is 49.3 Å². The highest BCUT2D eigenvalue weighted by Gasteiger charge is 2.56. The maximum Gasteiger partial charge on any atom is 0.0456 e. The minimum atomic E-state index is 0.255. The predicted molar refractivity (Wildman–Crippen MR) is 62.8 cm³/mol. The first-order valence-electron chi connectivity index (χ1n) is 5.44. The quantitative estimate of drug-likeness (QED) is 0.730. The Labute approximate surface area is 89.5 Å². The summed E-state index contributed by atoms with van der Waals surface area (Å²) in [6, 6.07) is 8.72. The summed E-state index contributed by atoms with van der Waals surface area (Å²) < 4.78 is 0. The summed E-state index contributed by atoms with van der Waals surface area (Å²) in [4.78, 5) is 3.31. The first-order valence-corrected chi connectivity index (χ1v) is 5.44. The molecule has 2 heteroatoms. The molecular weight excluding hydrogens is 184 g/mol. The minimum Gasteiger partial charge on any atom is -0.361 e. The zero-order valence-electron chi connectivity index (χ0n) is 9.12. The van der Waals surface area contributed by atoms with E-state index in [1.165, 1.54) is 16.5 Å². The summed E-state index contributed by atoms with van der Waals surface area (Å²) in [5.41, 5.74) is 8.96. The highest BCUT2D eigenvalue weighted by atomic mass is 14.8. The van der Waals surface area contributed by atoms with Crippen LogP contribution in [0.3, 0.4) is 0 Å². The van der Waals surface area contributed by atoms with E-state index < -0.39 is 0 Å². The number of para-hydroxylation sites is 1. The van der Waals surface area contributed by atoms with Gasteiger partial charge in [-0.3, -0.25) is 0 Å². The number of hydrogen-bond donors (Lipinski definition) is 2. The third-order valence-corrected chi connectivity index (χ3v) is 3.87. The average Bonchev–Trinajstić information content (AvgIpc) is 2.63. The van der Waals surface area contributed by atoms with Crippen LogP contribution in [0, 0.1) is 5.41 Å². The predicted octanol–water partition coefficient (Wildman–Crippen LogP) is 2.62. The Balaban J connectivity index is 2.14. The number of fused-ring (bicyclic) bond motifs is 1. The highest BCUT2D eigenvalue weighted by molar-refractivity contribution is 5.84. The van der Waals surface area contributed by atoms with Gasteiger partial charge in [-0.2, -0.15) is 0 Å². The van der Waals surface area contributed by atoms with Gasteiger partial charge in [-0.15, -0.1) is 0 Å². The molecule has 2 aromatic rings. The number of nitrogens with one attached hydrogen (secondary N) is 1. The van der Waals surface area contributed by atoms with E-state index in [0.717, 1.165) is 0 Å². The van der Waals surface area contributed by atoms with Gasteiger partial charge in [-0.1, -0.05) is 32.0 Å². The number of nitrogens with two attached hydrogens (primary N) is 1. The third-order valence-electron chi connectivity index (χ3n) is 3.87. The van der Waals surface area contributed by atoms with Gasteiger partial charge < -0.3 is 10.7 Å². The lowest BCUT2D eigenvalue weighted by molar-refractivity contribution is 0.600. The second-order valence-corrected chi connectivity index (χ2v) is 5.11. The summed E-state index contributed by atoms with van der Waals surface area (Å²) in [7, 11) is 0. The summed E-state index contributed by atoms with van der Waals surface area (Å²) in [5, 5.41) is 1.32. The van der Waals surface area contributed by atoms with Gasteiger partial charge >= 0.3 is 0 Å². The molecule has 3 rings (SSSR count). The molecule has 0 amide bonds. The van der Waals surface area contributed by atoms with E-state index in [9.17, 15) is 0 Å². The molecule has 2 nitrogen and oxygen atoms in total. The van der Waals surface area contributed by atoms with Gasteiger partial charge in [0.05, 0.1) is 0 Å². The Morgan fingerprint density at radius 2 is 1.93 bits per heavy atom. The van der Waals surface area contributed by atoms with Crippen molar-refractivity contribution >= 4 is 10.9 Å². The van der Waals surface area contributed by atoms with Crippen molar-refractivity contribution in [2.24, 2.45) is 11.1 Å². The Kier molecular flexibility index (Phi) is 1.58. The molecule has 0 bridgehead atoms. The summed E-state index contributed by atoms with van der Waals surface area (Å²) in [6.45, 7) is 4.48. The van der Waals surface area contributed by atoms with Crippen molar-refractivity contribution < 1.29 is 0 Å². The van der Waals surface area contributed by atoms with Gasteiger partial charge in [0, 0.05) is 29.1 Å². The molecule has 0 radical (unpaired) electrons. The van der Waals surface area contributed by atoms with Gasteiger partial charge in [0.2, 0.25) is 0 Å². The summed E-state index contributed by atoms with van der Waals surface area (Å²) >= 11 is 0. The summed E-state index contributed by atoms with van der Waals surface area (Å²) in [6.07, 6.45) is 2.12. The summed E-state index contributed by atoms with van der Waals surface area (Å²) in [5.74, 6) is 0.508. The molecule has 1 fully saturated rings. The second-order valence-electron chi connectivity index (χ2n) is 5.11. The van der Waals surface area contributed by atoms with Crippen LogP contribution in [-0.2, 0) is 0 Å². The van der Waals surface area contributed by atoms with E-state index >= 15 is 0 Å².